The lowest BCUT2D eigenvalue weighted by molar-refractivity contribution is 0.146. The number of likely N-dealkylation sites (N-methyl/N-ethyl adjacent to an activating group) is 1. The van der Waals surface area contributed by atoms with Crippen molar-refractivity contribution in [2.24, 2.45) is 0 Å². The fourth-order valence-electron chi connectivity index (χ4n) is 3.79. The summed E-state index contributed by atoms with van der Waals surface area (Å²) in [4.78, 5) is 4.17. The van der Waals surface area contributed by atoms with Gasteiger partial charge in [0.25, 0.3) is 6.43 Å². The van der Waals surface area contributed by atoms with E-state index in [4.69, 9.17) is 0 Å². The van der Waals surface area contributed by atoms with Gasteiger partial charge in [-0.3, -0.25) is 0 Å². The number of anilines is 2. The molecule has 164 valence electrons. The Bertz CT molecular complexity index is 1100. The molecule has 3 aromatic rings. The lowest BCUT2D eigenvalue weighted by Crippen LogP contribution is -2.44. The molecule has 1 N–H and O–H groups in total. The van der Waals surface area contributed by atoms with Gasteiger partial charge in [0.1, 0.15) is 11.6 Å². The summed E-state index contributed by atoms with van der Waals surface area (Å²) in [5, 5.41) is 12.4. The summed E-state index contributed by atoms with van der Waals surface area (Å²) in [5.41, 5.74) is 0.491. The standard InChI is InChI=1S/C22H23F4N5/c1-13-16-10-18(23)19(31-8-6-30(2)7-9-31)11-17(16)22(29-28-13)27-12-14-4-3-5-15(20(14)24)21(25)26/h3-5,10-11,21H,6-9,12H2,1-2H3,(H,27,29). The molecule has 1 fully saturated rings. The number of nitrogens with zero attached hydrogens (tertiary/aromatic N) is 4. The summed E-state index contributed by atoms with van der Waals surface area (Å²) in [5.74, 6) is -0.939. The van der Waals surface area contributed by atoms with Crippen molar-refractivity contribution in [2.45, 2.75) is 19.9 Å². The molecule has 0 atom stereocenters. The molecular formula is C22H23F4N5. The van der Waals surface area contributed by atoms with Crippen molar-refractivity contribution >= 4 is 22.3 Å². The van der Waals surface area contributed by atoms with Gasteiger partial charge in [-0.05, 0) is 26.1 Å². The molecular weight excluding hydrogens is 410 g/mol. The Hall–Kier alpha value is -2.94. The predicted octanol–water partition coefficient (Wildman–Crippen LogP) is 4.52. The van der Waals surface area contributed by atoms with Crippen LogP contribution in [0.1, 0.15) is 23.2 Å². The van der Waals surface area contributed by atoms with E-state index in [9.17, 15) is 17.6 Å². The Labute approximate surface area is 177 Å². The number of aryl methyl sites for hydroxylation is 1. The molecule has 9 heteroatoms. The normalized spacial score (nSPS) is 15.1. The molecule has 0 spiro atoms. The lowest BCUT2D eigenvalue weighted by atomic mass is 10.1. The maximum absolute atomic E-state index is 14.9. The first-order valence-electron chi connectivity index (χ1n) is 10.0. The van der Waals surface area contributed by atoms with Crippen molar-refractivity contribution in [1.82, 2.24) is 15.1 Å². The third-order valence-corrected chi connectivity index (χ3v) is 5.67. The number of nitrogens with one attached hydrogen (secondary N) is 1. The zero-order valence-electron chi connectivity index (χ0n) is 17.3. The molecule has 0 radical (unpaired) electrons. The molecule has 2 heterocycles. The summed E-state index contributed by atoms with van der Waals surface area (Å²) in [6.45, 7) is 4.74. The van der Waals surface area contributed by atoms with Gasteiger partial charge in [-0.15, -0.1) is 5.10 Å². The Balaban J connectivity index is 1.67. The van der Waals surface area contributed by atoms with Gasteiger partial charge in [0.2, 0.25) is 0 Å². The van der Waals surface area contributed by atoms with E-state index >= 15 is 0 Å². The van der Waals surface area contributed by atoms with Crippen molar-refractivity contribution in [2.75, 3.05) is 43.4 Å². The van der Waals surface area contributed by atoms with Crippen LogP contribution < -0.4 is 10.2 Å². The quantitative estimate of drug-likeness (QED) is 0.600. The lowest BCUT2D eigenvalue weighted by Gasteiger charge is -2.34. The van der Waals surface area contributed by atoms with Crippen LogP contribution in [0.25, 0.3) is 10.8 Å². The van der Waals surface area contributed by atoms with Crippen molar-refractivity contribution < 1.29 is 17.6 Å². The minimum Gasteiger partial charge on any atom is -0.367 e. The van der Waals surface area contributed by atoms with Crippen LogP contribution in [-0.2, 0) is 6.54 Å². The third-order valence-electron chi connectivity index (χ3n) is 5.67. The van der Waals surface area contributed by atoms with Crippen molar-refractivity contribution in [3.05, 3.63) is 58.8 Å². The van der Waals surface area contributed by atoms with E-state index in [1.54, 1.807) is 13.0 Å². The zero-order valence-corrected chi connectivity index (χ0v) is 17.3. The largest absolute Gasteiger partial charge is 0.367 e. The molecule has 1 aliphatic rings. The molecule has 1 saturated heterocycles. The van der Waals surface area contributed by atoms with Gasteiger partial charge in [0.05, 0.1) is 16.9 Å². The Morgan fingerprint density at radius 2 is 1.77 bits per heavy atom. The molecule has 0 unspecified atom stereocenters. The maximum atomic E-state index is 14.9. The van der Waals surface area contributed by atoms with Crippen LogP contribution in [0.4, 0.5) is 29.1 Å². The monoisotopic (exact) mass is 433 g/mol. The summed E-state index contributed by atoms with van der Waals surface area (Å²) < 4.78 is 55.2. The molecule has 0 bridgehead atoms. The summed E-state index contributed by atoms with van der Waals surface area (Å²) in [6, 6.07) is 7.06. The number of alkyl halides is 2. The van der Waals surface area contributed by atoms with Gasteiger partial charge >= 0.3 is 0 Å². The average molecular weight is 433 g/mol. The smallest absolute Gasteiger partial charge is 0.266 e. The molecule has 5 nitrogen and oxygen atoms in total. The first kappa shape index (κ1) is 21.3. The summed E-state index contributed by atoms with van der Waals surface area (Å²) in [6.07, 6.45) is -2.89. The molecule has 1 aromatic heterocycles. The molecule has 31 heavy (non-hydrogen) atoms. The number of hydrogen-bond acceptors (Lipinski definition) is 5. The molecule has 1 aliphatic heterocycles. The van der Waals surface area contributed by atoms with Gasteiger partial charge in [-0.25, -0.2) is 17.6 Å². The minimum absolute atomic E-state index is 0.0551. The molecule has 4 rings (SSSR count). The fraction of sp³-hybridized carbons (Fsp3) is 0.364. The first-order chi connectivity index (χ1) is 14.8. The van der Waals surface area contributed by atoms with Gasteiger partial charge in [0.15, 0.2) is 5.82 Å². The maximum Gasteiger partial charge on any atom is 0.266 e. The summed E-state index contributed by atoms with van der Waals surface area (Å²) in [7, 11) is 2.03. The number of rotatable bonds is 5. The van der Waals surface area contributed by atoms with Crippen LogP contribution in [0.3, 0.4) is 0 Å². The second-order valence-electron chi connectivity index (χ2n) is 7.75. The van der Waals surface area contributed by atoms with E-state index in [-0.39, 0.29) is 17.9 Å². The van der Waals surface area contributed by atoms with E-state index < -0.39 is 17.8 Å². The van der Waals surface area contributed by atoms with Crippen molar-refractivity contribution in [1.29, 1.82) is 0 Å². The minimum atomic E-state index is -2.89. The van der Waals surface area contributed by atoms with Gasteiger partial charge < -0.3 is 15.1 Å². The van der Waals surface area contributed by atoms with E-state index in [0.29, 0.717) is 41.1 Å². The Kier molecular flexibility index (Phi) is 5.95. The fourth-order valence-corrected chi connectivity index (χ4v) is 3.79. The van der Waals surface area contributed by atoms with Crippen molar-refractivity contribution in [3.63, 3.8) is 0 Å². The highest BCUT2D eigenvalue weighted by molar-refractivity contribution is 5.95. The number of fused-ring (bicyclic) bond motifs is 1. The van der Waals surface area contributed by atoms with Crippen LogP contribution in [0.15, 0.2) is 30.3 Å². The zero-order chi connectivity index (χ0) is 22.1. The number of piperazine rings is 1. The van der Waals surface area contributed by atoms with Gasteiger partial charge in [0, 0.05) is 49.1 Å². The SMILES string of the molecule is Cc1nnc(NCc2cccc(C(F)F)c2F)c2cc(N3CCN(C)CC3)c(F)cc12. The number of benzene rings is 2. The highest BCUT2D eigenvalue weighted by atomic mass is 19.3. The van der Waals surface area contributed by atoms with E-state index in [0.717, 1.165) is 19.2 Å². The highest BCUT2D eigenvalue weighted by Gasteiger charge is 2.20. The average Bonchev–Trinajstić information content (AvgIpc) is 2.74. The molecule has 0 saturated carbocycles. The number of aromatic nitrogens is 2. The highest BCUT2D eigenvalue weighted by Crippen LogP contribution is 2.32. The molecule has 0 aliphatic carbocycles. The van der Waals surface area contributed by atoms with Crippen LogP contribution in [0, 0.1) is 18.6 Å². The second-order valence-corrected chi connectivity index (χ2v) is 7.75. The Morgan fingerprint density at radius 1 is 1.03 bits per heavy atom. The van der Waals surface area contributed by atoms with Crippen molar-refractivity contribution in [3.8, 4) is 0 Å². The van der Waals surface area contributed by atoms with Crippen LogP contribution >= 0.6 is 0 Å². The first-order valence-corrected chi connectivity index (χ1v) is 10.0. The van der Waals surface area contributed by atoms with E-state index in [2.05, 4.69) is 20.4 Å². The predicted molar refractivity (Wildman–Crippen MR) is 113 cm³/mol. The van der Waals surface area contributed by atoms with Crippen LogP contribution in [-0.4, -0.2) is 48.3 Å². The van der Waals surface area contributed by atoms with Gasteiger partial charge in [-0.2, -0.15) is 5.10 Å². The van der Waals surface area contributed by atoms with Crippen LogP contribution in [0.2, 0.25) is 0 Å². The number of halogens is 4. The topological polar surface area (TPSA) is 44.3 Å². The van der Waals surface area contributed by atoms with E-state index in [1.165, 1.54) is 18.2 Å². The molecule has 2 aromatic carbocycles. The Morgan fingerprint density at radius 3 is 2.48 bits per heavy atom. The summed E-state index contributed by atoms with van der Waals surface area (Å²) >= 11 is 0. The van der Waals surface area contributed by atoms with E-state index in [1.807, 2.05) is 11.9 Å². The van der Waals surface area contributed by atoms with Gasteiger partial charge in [-0.1, -0.05) is 18.2 Å². The van der Waals surface area contributed by atoms with Crippen LogP contribution in [0.5, 0.6) is 0 Å². The molecule has 0 amide bonds. The second kappa shape index (κ2) is 8.66. The number of hydrogen-bond donors (Lipinski definition) is 1. The third kappa shape index (κ3) is 4.27.